The molecule has 2 heterocycles. The van der Waals surface area contributed by atoms with Crippen molar-refractivity contribution in [2.45, 2.75) is 23.6 Å². The Kier molecular flexibility index (Phi) is 5.50. The SMILES string of the molecule is CC.CS1(C)c2ccccc2-c2ccc(-c3ccc4c(c3)c3ccccc3n4-c3ccccc3)cc21. The van der Waals surface area contributed by atoms with Crippen LogP contribution in [0.4, 0.5) is 0 Å². The van der Waals surface area contributed by atoms with Gasteiger partial charge in [0.25, 0.3) is 0 Å². The second-order valence-corrected chi connectivity index (χ2v) is 13.0. The van der Waals surface area contributed by atoms with Gasteiger partial charge in [0.05, 0.1) is 11.0 Å². The first-order valence-corrected chi connectivity index (χ1v) is 15.1. The maximum Gasteiger partial charge on any atom is 0.0541 e. The van der Waals surface area contributed by atoms with Crippen molar-refractivity contribution >= 4 is 31.8 Å². The van der Waals surface area contributed by atoms with Crippen molar-refractivity contribution in [3.05, 3.63) is 115 Å². The largest absolute Gasteiger partial charge is 0.309 e. The van der Waals surface area contributed by atoms with E-state index in [1.165, 1.54) is 59.5 Å². The van der Waals surface area contributed by atoms with Crippen molar-refractivity contribution in [2.24, 2.45) is 0 Å². The maximum absolute atomic E-state index is 2.45. The highest BCUT2D eigenvalue weighted by atomic mass is 32.3. The number of benzene rings is 5. The molecule has 0 unspecified atom stereocenters. The number of hydrogen-bond acceptors (Lipinski definition) is 0. The summed E-state index contributed by atoms with van der Waals surface area (Å²) in [6, 6.07) is 42.4. The highest BCUT2D eigenvalue weighted by Gasteiger charge is 2.31. The van der Waals surface area contributed by atoms with E-state index in [4.69, 9.17) is 0 Å². The van der Waals surface area contributed by atoms with E-state index in [0.29, 0.717) is 0 Å². The molecule has 0 bridgehead atoms. The van der Waals surface area contributed by atoms with Gasteiger partial charge in [-0.15, -0.1) is 0 Å². The molecule has 0 spiro atoms. The molecule has 0 amide bonds. The summed E-state index contributed by atoms with van der Waals surface area (Å²) < 4.78 is 2.38. The molecule has 5 aromatic carbocycles. The lowest BCUT2D eigenvalue weighted by Gasteiger charge is -2.28. The predicted octanol–water partition coefficient (Wildman–Crippen LogP) is 9.94. The van der Waals surface area contributed by atoms with E-state index >= 15 is 0 Å². The number of aromatic nitrogens is 1. The van der Waals surface area contributed by atoms with Gasteiger partial charge in [-0.2, -0.15) is 10.0 Å². The summed E-state index contributed by atoms with van der Waals surface area (Å²) >= 11 is 0. The molecule has 1 nitrogen and oxygen atoms in total. The van der Waals surface area contributed by atoms with E-state index in [9.17, 15) is 0 Å². The first-order valence-electron chi connectivity index (χ1n) is 12.7. The first kappa shape index (κ1) is 22.7. The Balaban J connectivity index is 0.00000117. The van der Waals surface area contributed by atoms with E-state index in [2.05, 4.69) is 132 Å². The molecule has 36 heavy (non-hydrogen) atoms. The van der Waals surface area contributed by atoms with E-state index in [-0.39, 0.29) is 0 Å². The Bertz CT molecular complexity index is 1720. The average molecular weight is 486 g/mol. The summed E-state index contributed by atoms with van der Waals surface area (Å²) in [5.74, 6) is 0. The predicted molar refractivity (Wildman–Crippen MR) is 159 cm³/mol. The van der Waals surface area contributed by atoms with Gasteiger partial charge in [0.2, 0.25) is 0 Å². The minimum Gasteiger partial charge on any atom is -0.309 e. The summed E-state index contributed by atoms with van der Waals surface area (Å²) in [6.45, 7) is 4.00. The third kappa shape index (κ3) is 3.32. The molecule has 178 valence electrons. The summed E-state index contributed by atoms with van der Waals surface area (Å²) in [6.07, 6.45) is 4.86. The third-order valence-electron chi connectivity index (χ3n) is 7.28. The zero-order valence-corrected chi connectivity index (χ0v) is 22.1. The van der Waals surface area contributed by atoms with Gasteiger partial charge in [0, 0.05) is 26.3 Å². The van der Waals surface area contributed by atoms with Crippen LogP contribution in [0.2, 0.25) is 0 Å². The van der Waals surface area contributed by atoms with Gasteiger partial charge in [-0.25, -0.2) is 0 Å². The number of rotatable bonds is 2. The second kappa shape index (κ2) is 8.72. The number of nitrogens with zero attached hydrogens (tertiary/aromatic N) is 1. The minimum atomic E-state index is -1.01. The van der Waals surface area contributed by atoms with Crippen molar-refractivity contribution in [3.8, 4) is 27.9 Å². The van der Waals surface area contributed by atoms with Crippen LogP contribution in [0.25, 0.3) is 49.7 Å². The Morgan fingerprint density at radius 1 is 0.500 bits per heavy atom. The fourth-order valence-electron chi connectivity index (χ4n) is 5.61. The molecule has 0 saturated heterocycles. The molecule has 1 aromatic heterocycles. The molecule has 7 rings (SSSR count). The van der Waals surface area contributed by atoms with Gasteiger partial charge < -0.3 is 4.57 Å². The molecular weight excluding hydrogens is 454 g/mol. The van der Waals surface area contributed by atoms with Gasteiger partial charge in [-0.05, 0) is 77.2 Å². The van der Waals surface area contributed by atoms with Crippen LogP contribution in [0.5, 0.6) is 0 Å². The Hall–Kier alpha value is -3.75. The lowest BCUT2D eigenvalue weighted by molar-refractivity contribution is 1.18. The topological polar surface area (TPSA) is 4.93 Å². The molecule has 0 N–H and O–H groups in total. The molecule has 6 aromatic rings. The van der Waals surface area contributed by atoms with Gasteiger partial charge in [0.15, 0.2) is 0 Å². The van der Waals surface area contributed by atoms with Gasteiger partial charge >= 0.3 is 0 Å². The normalized spacial score (nSPS) is 14.1. The maximum atomic E-state index is 2.45. The van der Waals surface area contributed by atoms with Crippen molar-refractivity contribution < 1.29 is 0 Å². The third-order valence-corrected chi connectivity index (χ3v) is 10.2. The van der Waals surface area contributed by atoms with Crippen LogP contribution in [-0.4, -0.2) is 17.1 Å². The molecule has 1 aliphatic rings. The first-order chi connectivity index (χ1) is 17.6. The molecule has 0 radical (unpaired) electrons. The van der Waals surface area contributed by atoms with Crippen LogP contribution in [0.1, 0.15) is 13.8 Å². The molecule has 0 saturated carbocycles. The van der Waals surface area contributed by atoms with E-state index < -0.39 is 10.0 Å². The quantitative estimate of drug-likeness (QED) is 0.230. The van der Waals surface area contributed by atoms with Crippen LogP contribution < -0.4 is 0 Å². The Morgan fingerprint density at radius 3 is 1.94 bits per heavy atom. The number of fused-ring (bicyclic) bond motifs is 6. The fraction of sp³-hybridized carbons (Fsp3) is 0.118. The molecule has 0 fully saturated rings. The van der Waals surface area contributed by atoms with Crippen LogP contribution in [0.3, 0.4) is 0 Å². The highest BCUT2D eigenvalue weighted by Crippen LogP contribution is 2.67. The van der Waals surface area contributed by atoms with Crippen LogP contribution in [0, 0.1) is 0 Å². The molecule has 0 aliphatic carbocycles. The second-order valence-electron chi connectivity index (χ2n) is 9.45. The lowest BCUT2D eigenvalue weighted by Crippen LogP contribution is -1.93. The number of hydrogen-bond donors (Lipinski definition) is 0. The highest BCUT2D eigenvalue weighted by molar-refractivity contribution is 8.33. The molecule has 1 aliphatic heterocycles. The lowest BCUT2D eigenvalue weighted by atomic mass is 9.99. The number of para-hydroxylation sites is 2. The molecular formula is C34H31NS. The van der Waals surface area contributed by atoms with E-state index in [1.54, 1.807) is 0 Å². The smallest absolute Gasteiger partial charge is 0.0541 e. The summed E-state index contributed by atoms with van der Waals surface area (Å²) in [7, 11) is -1.01. The zero-order valence-electron chi connectivity index (χ0n) is 21.3. The fourth-order valence-corrected chi connectivity index (χ4v) is 8.14. The monoisotopic (exact) mass is 485 g/mol. The van der Waals surface area contributed by atoms with Crippen LogP contribution >= 0.6 is 10.0 Å². The summed E-state index contributed by atoms with van der Waals surface area (Å²) in [5.41, 5.74) is 9.07. The van der Waals surface area contributed by atoms with Crippen molar-refractivity contribution in [2.75, 3.05) is 12.5 Å². The summed E-state index contributed by atoms with van der Waals surface area (Å²) in [5, 5.41) is 2.59. The standard InChI is InChI=1S/C32H25NS.C2H6/c1-34(2)31-15-9-7-13-26(31)27-18-16-23(21-32(27)34)22-17-19-30-28(20-22)25-12-6-8-14-29(25)33(30)24-10-4-3-5-11-24;1-2/h3-21H,1-2H3;1-2H3. The molecule has 0 atom stereocenters. The Morgan fingerprint density at radius 2 is 1.11 bits per heavy atom. The van der Waals surface area contributed by atoms with Crippen molar-refractivity contribution in [1.82, 2.24) is 4.57 Å². The molecule has 2 heteroatoms. The average Bonchev–Trinajstić information content (AvgIpc) is 3.39. The Labute approximate surface area is 215 Å². The van der Waals surface area contributed by atoms with Gasteiger partial charge in [0.1, 0.15) is 0 Å². The van der Waals surface area contributed by atoms with Crippen LogP contribution in [-0.2, 0) is 0 Å². The van der Waals surface area contributed by atoms with Crippen LogP contribution in [0.15, 0.2) is 125 Å². The van der Waals surface area contributed by atoms with Crippen molar-refractivity contribution in [3.63, 3.8) is 0 Å². The zero-order chi connectivity index (χ0) is 24.9. The minimum absolute atomic E-state index is 1.01. The van der Waals surface area contributed by atoms with Gasteiger partial charge in [-0.3, -0.25) is 0 Å². The van der Waals surface area contributed by atoms with Gasteiger partial charge in [-0.1, -0.05) is 86.6 Å². The van der Waals surface area contributed by atoms with E-state index in [1.807, 2.05) is 13.8 Å². The van der Waals surface area contributed by atoms with E-state index in [0.717, 1.165) is 0 Å². The van der Waals surface area contributed by atoms with Crippen molar-refractivity contribution in [1.29, 1.82) is 0 Å². The summed E-state index contributed by atoms with van der Waals surface area (Å²) in [4.78, 5) is 3.00.